The van der Waals surface area contributed by atoms with E-state index in [-0.39, 0.29) is 5.69 Å². The molecule has 1 amide bonds. The van der Waals surface area contributed by atoms with Gasteiger partial charge in [-0.1, -0.05) is 0 Å². The largest absolute Gasteiger partial charge is 0.452 e. The van der Waals surface area contributed by atoms with Crippen LogP contribution < -0.4 is 4.90 Å². The fourth-order valence-corrected chi connectivity index (χ4v) is 0.936. The third-order valence-corrected chi connectivity index (χ3v) is 1.74. The van der Waals surface area contributed by atoms with Gasteiger partial charge in [0.2, 0.25) is 0 Å². The number of hydrogen-bond donors (Lipinski definition) is 0. The summed E-state index contributed by atoms with van der Waals surface area (Å²) in [6, 6.07) is 3.16. The summed E-state index contributed by atoms with van der Waals surface area (Å²) in [6.07, 6.45) is -0.643. The van der Waals surface area contributed by atoms with E-state index < -0.39 is 17.7 Å². The topological polar surface area (TPSA) is 29.5 Å². The average molecular weight is 201 g/mol. The Morgan fingerprint density at radius 1 is 1.36 bits per heavy atom. The maximum Gasteiger partial charge on any atom is 0.413 e. The molecule has 0 fully saturated rings. The predicted octanol–water partition coefficient (Wildman–Crippen LogP) is 2.17. The van der Waals surface area contributed by atoms with E-state index in [2.05, 4.69) is 4.74 Å². The monoisotopic (exact) mass is 201 g/mol. The minimum atomic E-state index is -1.00. The second-order valence-corrected chi connectivity index (χ2v) is 2.63. The van der Waals surface area contributed by atoms with E-state index in [1.54, 1.807) is 0 Å². The molecule has 0 spiro atoms. The van der Waals surface area contributed by atoms with Gasteiger partial charge in [0.15, 0.2) is 11.6 Å². The minimum absolute atomic E-state index is 0.232. The zero-order valence-corrected chi connectivity index (χ0v) is 7.75. The summed E-state index contributed by atoms with van der Waals surface area (Å²) in [5.74, 6) is -1.95. The minimum Gasteiger partial charge on any atom is -0.452 e. The van der Waals surface area contributed by atoms with E-state index in [0.717, 1.165) is 17.0 Å². The highest BCUT2D eigenvalue weighted by atomic mass is 19.2. The number of hydrogen-bond acceptors (Lipinski definition) is 2. The van der Waals surface area contributed by atoms with Crippen molar-refractivity contribution in [2.24, 2.45) is 0 Å². The van der Waals surface area contributed by atoms with Crippen LogP contribution in [0.2, 0.25) is 0 Å². The van der Waals surface area contributed by atoms with Gasteiger partial charge in [0.05, 0.1) is 7.11 Å². The summed E-state index contributed by atoms with van der Waals surface area (Å²) in [5.41, 5.74) is 0.232. The first-order valence-electron chi connectivity index (χ1n) is 3.83. The lowest BCUT2D eigenvalue weighted by atomic mass is 10.3. The van der Waals surface area contributed by atoms with Crippen LogP contribution in [0.15, 0.2) is 18.2 Å². The molecule has 1 aromatic rings. The van der Waals surface area contributed by atoms with Crippen molar-refractivity contribution in [2.45, 2.75) is 0 Å². The molecule has 1 aromatic carbocycles. The summed E-state index contributed by atoms with van der Waals surface area (Å²) < 4.78 is 29.7. The first-order valence-corrected chi connectivity index (χ1v) is 3.83. The van der Waals surface area contributed by atoms with Crippen LogP contribution in [0.5, 0.6) is 0 Å². The molecule has 0 heterocycles. The van der Waals surface area contributed by atoms with E-state index in [1.165, 1.54) is 20.2 Å². The zero-order valence-electron chi connectivity index (χ0n) is 7.75. The van der Waals surface area contributed by atoms with Crippen LogP contribution in [0.1, 0.15) is 0 Å². The van der Waals surface area contributed by atoms with E-state index in [0.29, 0.717) is 0 Å². The molecular weight excluding hydrogens is 192 g/mol. The van der Waals surface area contributed by atoms with Gasteiger partial charge < -0.3 is 4.74 Å². The molecule has 0 bridgehead atoms. The Morgan fingerprint density at radius 2 is 2.00 bits per heavy atom. The third kappa shape index (κ3) is 1.99. The van der Waals surface area contributed by atoms with E-state index in [1.807, 2.05) is 0 Å². The van der Waals surface area contributed by atoms with Gasteiger partial charge in [-0.2, -0.15) is 0 Å². The van der Waals surface area contributed by atoms with Crippen LogP contribution in [-0.4, -0.2) is 20.3 Å². The Hall–Kier alpha value is -1.65. The number of carbonyl (C=O) groups excluding carboxylic acids is 1. The van der Waals surface area contributed by atoms with Crippen LogP contribution >= 0.6 is 0 Å². The third-order valence-electron chi connectivity index (χ3n) is 1.74. The molecule has 5 heteroatoms. The van der Waals surface area contributed by atoms with Gasteiger partial charge >= 0.3 is 6.09 Å². The summed E-state index contributed by atoms with van der Waals surface area (Å²) >= 11 is 0. The second kappa shape index (κ2) is 4.04. The molecule has 76 valence electrons. The quantitative estimate of drug-likeness (QED) is 0.696. The van der Waals surface area contributed by atoms with Gasteiger partial charge in [-0.05, 0) is 12.1 Å². The van der Waals surface area contributed by atoms with Crippen molar-refractivity contribution in [2.75, 3.05) is 19.1 Å². The normalized spacial score (nSPS) is 9.71. The lowest BCUT2D eigenvalue weighted by Crippen LogP contribution is -2.25. The fraction of sp³-hybridized carbons (Fsp3) is 0.222. The number of rotatable bonds is 1. The standard InChI is InChI=1S/C9H9F2NO2/c1-12(9(13)14-2)6-3-4-7(10)8(11)5-6/h3-5H,1-2H3. The molecule has 0 atom stereocenters. The molecule has 0 saturated carbocycles. The number of halogens is 2. The lowest BCUT2D eigenvalue weighted by molar-refractivity contribution is 0.180. The molecule has 0 aliphatic carbocycles. The smallest absolute Gasteiger partial charge is 0.413 e. The SMILES string of the molecule is COC(=O)N(C)c1ccc(F)c(F)c1. The summed E-state index contributed by atoms with van der Waals surface area (Å²) in [4.78, 5) is 12.1. The van der Waals surface area contributed by atoms with Crippen LogP contribution in [-0.2, 0) is 4.74 Å². The van der Waals surface area contributed by atoms with Gasteiger partial charge in [0, 0.05) is 18.8 Å². The number of ether oxygens (including phenoxy) is 1. The molecule has 0 aliphatic heterocycles. The second-order valence-electron chi connectivity index (χ2n) is 2.63. The molecule has 0 N–H and O–H groups in total. The van der Waals surface area contributed by atoms with E-state index >= 15 is 0 Å². The molecule has 14 heavy (non-hydrogen) atoms. The molecule has 0 aromatic heterocycles. The van der Waals surface area contributed by atoms with Crippen molar-refractivity contribution in [1.82, 2.24) is 0 Å². The Balaban J connectivity index is 2.96. The Kier molecular flexibility index (Phi) is 3.01. The Labute approximate surface area is 79.9 Å². The number of carbonyl (C=O) groups is 1. The molecule has 0 radical (unpaired) electrons. The Bertz CT molecular complexity index is 355. The highest BCUT2D eigenvalue weighted by Gasteiger charge is 2.12. The van der Waals surface area contributed by atoms with Gasteiger partial charge in [-0.3, -0.25) is 4.90 Å². The van der Waals surface area contributed by atoms with Gasteiger partial charge in [0.25, 0.3) is 0 Å². The number of benzene rings is 1. The summed E-state index contributed by atoms with van der Waals surface area (Å²) in [6.45, 7) is 0. The average Bonchev–Trinajstić information content (AvgIpc) is 2.20. The lowest BCUT2D eigenvalue weighted by Gasteiger charge is -2.15. The molecule has 0 unspecified atom stereocenters. The molecule has 0 aliphatic rings. The molecule has 0 saturated heterocycles. The fourth-order valence-electron chi connectivity index (χ4n) is 0.936. The number of nitrogens with zero attached hydrogens (tertiary/aromatic N) is 1. The molecule has 3 nitrogen and oxygen atoms in total. The van der Waals surface area contributed by atoms with Crippen molar-refractivity contribution in [3.63, 3.8) is 0 Å². The number of amides is 1. The van der Waals surface area contributed by atoms with Gasteiger partial charge in [0.1, 0.15) is 0 Å². The van der Waals surface area contributed by atoms with Gasteiger partial charge in [-0.25, -0.2) is 13.6 Å². The molecule has 1 rings (SSSR count). The van der Waals surface area contributed by atoms with Crippen molar-refractivity contribution in [3.8, 4) is 0 Å². The maximum absolute atomic E-state index is 12.8. The number of anilines is 1. The first kappa shape index (κ1) is 10.4. The predicted molar refractivity (Wildman–Crippen MR) is 47.2 cm³/mol. The number of methoxy groups -OCH3 is 1. The zero-order chi connectivity index (χ0) is 10.7. The van der Waals surface area contributed by atoms with Crippen LogP contribution in [0.4, 0.5) is 19.3 Å². The maximum atomic E-state index is 12.8. The van der Waals surface area contributed by atoms with Crippen molar-refractivity contribution >= 4 is 11.8 Å². The highest BCUT2D eigenvalue weighted by Crippen LogP contribution is 2.16. The summed E-state index contributed by atoms with van der Waals surface area (Å²) in [5, 5.41) is 0. The van der Waals surface area contributed by atoms with Crippen LogP contribution in [0.25, 0.3) is 0 Å². The van der Waals surface area contributed by atoms with Crippen LogP contribution in [0, 0.1) is 11.6 Å². The molecular formula is C9H9F2NO2. The van der Waals surface area contributed by atoms with E-state index in [9.17, 15) is 13.6 Å². The van der Waals surface area contributed by atoms with Crippen molar-refractivity contribution < 1.29 is 18.3 Å². The van der Waals surface area contributed by atoms with Crippen molar-refractivity contribution in [1.29, 1.82) is 0 Å². The Morgan fingerprint density at radius 3 is 2.50 bits per heavy atom. The van der Waals surface area contributed by atoms with Crippen molar-refractivity contribution in [3.05, 3.63) is 29.8 Å². The highest BCUT2D eigenvalue weighted by molar-refractivity contribution is 5.86. The summed E-state index contributed by atoms with van der Waals surface area (Å²) in [7, 11) is 2.61. The van der Waals surface area contributed by atoms with E-state index in [4.69, 9.17) is 0 Å². The van der Waals surface area contributed by atoms with Gasteiger partial charge in [-0.15, -0.1) is 0 Å². The van der Waals surface area contributed by atoms with Crippen LogP contribution in [0.3, 0.4) is 0 Å². The first-order chi connectivity index (χ1) is 6.56.